The number of amides is 1. The first-order valence-electron chi connectivity index (χ1n) is 8.77. The molecule has 140 valence electrons. The maximum atomic E-state index is 12.6. The van der Waals surface area contributed by atoms with Crippen LogP contribution < -0.4 is 0 Å². The lowest BCUT2D eigenvalue weighted by Crippen LogP contribution is -2.42. The van der Waals surface area contributed by atoms with Crippen LogP contribution in [0.25, 0.3) is 11.3 Å². The van der Waals surface area contributed by atoms with E-state index in [9.17, 15) is 4.79 Å². The third-order valence-corrected chi connectivity index (χ3v) is 4.58. The summed E-state index contributed by atoms with van der Waals surface area (Å²) in [4.78, 5) is 19.1. The zero-order chi connectivity index (χ0) is 19.0. The zero-order valence-corrected chi connectivity index (χ0v) is 15.4. The summed E-state index contributed by atoms with van der Waals surface area (Å²) < 4.78 is 16.2. The van der Waals surface area contributed by atoms with Crippen LogP contribution in [0.5, 0.6) is 0 Å². The summed E-state index contributed by atoms with van der Waals surface area (Å²) in [6, 6.07) is 7.38. The van der Waals surface area contributed by atoms with Crippen LogP contribution in [-0.2, 0) is 4.74 Å². The summed E-state index contributed by atoms with van der Waals surface area (Å²) in [6.07, 6.45) is -0.313. The average Bonchev–Trinajstić information content (AvgIpc) is 3.26. The van der Waals surface area contributed by atoms with Crippen molar-refractivity contribution < 1.29 is 18.6 Å². The van der Waals surface area contributed by atoms with Gasteiger partial charge in [-0.1, -0.05) is 16.4 Å². The van der Waals surface area contributed by atoms with Crippen LogP contribution in [0.4, 0.5) is 0 Å². The fourth-order valence-corrected chi connectivity index (χ4v) is 3.25. The first kappa shape index (κ1) is 17.4. The van der Waals surface area contributed by atoms with E-state index < -0.39 is 0 Å². The highest BCUT2D eigenvalue weighted by molar-refractivity contribution is 5.91. The maximum absolute atomic E-state index is 12.6. The lowest BCUT2D eigenvalue weighted by atomic mass is 10.1. The molecule has 0 saturated carbocycles. The predicted molar refractivity (Wildman–Crippen MR) is 95.0 cm³/mol. The van der Waals surface area contributed by atoms with Crippen LogP contribution in [0, 0.1) is 20.8 Å². The van der Waals surface area contributed by atoms with Gasteiger partial charge in [-0.05, 0) is 32.9 Å². The Kier molecular flexibility index (Phi) is 4.49. The number of aromatic nitrogens is 3. The van der Waals surface area contributed by atoms with Gasteiger partial charge in [-0.3, -0.25) is 4.79 Å². The fraction of sp³-hybridized carbons (Fsp3) is 0.368. The zero-order valence-electron chi connectivity index (χ0n) is 15.4. The number of carbonyl (C=O) groups is 1. The summed E-state index contributed by atoms with van der Waals surface area (Å²) in [6.45, 7) is 6.86. The lowest BCUT2D eigenvalue weighted by Gasteiger charge is -2.32. The van der Waals surface area contributed by atoms with Crippen molar-refractivity contribution in [2.24, 2.45) is 0 Å². The highest BCUT2D eigenvalue weighted by Gasteiger charge is 2.29. The van der Waals surface area contributed by atoms with Gasteiger partial charge < -0.3 is 18.7 Å². The van der Waals surface area contributed by atoms with Gasteiger partial charge in [0.05, 0.1) is 41.5 Å². The van der Waals surface area contributed by atoms with Crippen LogP contribution in [0.3, 0.4) is 0 Å². The summed E-state index contributed by atoms with van der Waals surface area (Å²) >= 11 is 0. The number of aryl methyl sites for hydroxylation is 3. The van der Waals surface area contributed by atoms with E-state index in [-0.39, 0.29) is 17.8 Å². The molecule has 1 saturated heterocycles. The first-order valence-corrected chi connectivity index (χ1v) is 8.77. The van der Waals surface area contributed by atoms with Gasteiger partial charge in [0, 0.05) is 12.6 Å². The number of hydrogen-bond acceptors (Lipinski definition) is 7. The molecule has 0 aromatic carbocycles. The van der Waals surface area contributed by atoms with Crippen molar-refractivity contribution in [1.29, 1.82) is 0 Å². The molecule has 0 bridgehead atoms. The molecule has 1 atom stereocenters. The second-order valence-corrected chi connectivity index (χ2v) is 6.59. The number of carbonyl (C=O) groups excluding carboxylic acids is 1. The largest absolute Gasteiger partial charge is 0.368 e. The molecule has 1 fully saturated rings. The van der Waals surface area contributed by atoms with E-state index in [0.717, 1.165) is 28.4 Å². The quantitative estimate of drug-likeness (QED) is 0.701. The molecule has 4 rings (SSSR count). The van der Waals surface area contributed by atoms with E-state index in [0.29, 0.717) is 25.4 Å². The van der Waals surface area contributed by atoms with E-state index in [1.165, 1.54) is 0 Å². The van der Waals surface area contributed by atoms with Crippen LogP contribution in [-0.4, -0.2) is 45.8 Å². The number of hydrogen-bond donors (Lipinski definition) is 0. The summed E-state index contributed by atoms with van der Waals surface area (Å²) in [7, 11) is 0. The number of ether oxygens (including phenoxy) is 1. The van der Waals surface area contributed by atoms with Gasteiger partial charge in [0.25, 0.3) is 5.91 Å². The molecule has 1 aliphatic rings. The molecular formula is C19H20N4O4. The number of rotatable bonds is 3. The Morgan fingerprint density at radius 2 is 2.04 bits per heavy atom. The number of pyridine rings is 1. The van der Waals surface area contributed by atoms with Crippen LogP contribution in [0.2, 0.25) is 0 Å². The second-order valence-electron chi connectivity index (χ2n) is 6.59. The molecule has 0 N–H and O–H groups in total. The number of morpholine rings is 1. The molecule has 8 nitrogen and oxygen atoms in total. The third kappa shape index (κ3) is 3.35. The van der Waals surface area contributed by atoms with E-state index >= 15 is 0 Å². The van der Waals surface area contributed by atoms with Crippen molar-refractivity contribution in [2.45, 2.75) is 26.9 Å². The summed E-state index contributed by atoms with van der Waals surface area (Å²) in [5.74, 6) is 0.774. The van der Waals surface area contributed by atoms with E-state index in [4.69, 9.17) is 18.8 Å². The molecule has 1 amide bonds. The van der Waals surface area contributed by atoms with Crippen molar-refractivity contribution in [3.63, 3.8) is 0 Å². The van der Waals surface area contributed by atoms with Crippen molar-refractivity contribution in [2.75, 3.05) is 19.7 Å². The van der Waals surface area contributed by atoms with Gasteiger partial charge in [0.15, 0.2) is 0 Å². The predicted octanol–water partition coefficient (Wildman–Crippen LogP) is 2.86. The molecular weight excluding hydrogens is 348 g/mol. The van der Waals surface area contributed by atoms with Gasteiger partial charge in [-0.2, -0.15) is 0 Å². The smallest absolute Gasteiger partial charge is 0.292 e. The molecule has 1 unspecified atom stereocenters. The monoisotopic (exact) mass is 368 g/mol. The fourth-order valence-electron chi connectivity index (χ4n) is 3.25. The average molecular weight is 368 g/mol. The molecule has 0 radical (unpaired) electrons. The van der Waals surface area contributed by atoms with Gasteiger partial charge in [-0.15, -0.1) is 0 Å². The Bertz CT molecular complexity index is 958. The molecule has 1 aliphatic heterocycles. The Balaban J connectivity index is 1.57. The van der Waals surface area contributed by atoms with Crippen molar-refractivity contribution in [1.82, 2.24) is 20.2 Å². The SMILES string of the molecule is Cc1cc(C(=O)N2CCOC(c3cccc(-c4c(C)noc4C)n3)C2)on1. The standard InChI is InChI=1S/C19H20N4O4/c1-11-9-16(27-21-11)19(24)23-7-8-25-17(10-23)14-5-4-6-15(20-14)18-12(2)22-26-13(18)3/h4-6,9,17H,7-8,10H2,1-3H3. The van der Waals surface area contributed by atoms with E-state index in [1.54, 1.807) is 17.9 Å². The van der Waals surface area contributed by atoms with E-state index in [2.05, 4.69) is 10.3 Å². The maximum Gasteiger partial charge on any atom is 0.292 e. The van der Waals surface area contributed by atoms with Gasteiger partial charge >= 0.3 is 0 Å². The molecule has 0 aliphatic carbocycles. The number of nitrogens with zero attached hydrogens (tertiary/aromatic N) is 4. The highest BCUT2D eigenvalue weighted by Crippen LogP contribution is 2.28. The Morgan fingerprint density at radius 1 is 1.19 bits per heavy atom. The minimum Gasteiger partial charge on any atom is -0.368 e. The molecule has 8 heteroatoms. The molecule has 27 heavy (non-hydrogen) atoms. The van der Waals surface area contributed by atoms with E-state index in [1.807, 2.05) is 32.0 Å². The normalized spacial score (nSPS) is 17.3. The Labute approximate surface area is 156 Å². The second kappa shape index (κ2) is 6.96. The minimum absolute atomic E-state index is 0.189. The van der Waals surface area contributed by atoms with Gasteiger partial charge in [-0.25, -0.2) is 4.98 Å². The third-order valence-electron chi connectivity index (χ3n) is 4.58. The van der Waals surface area contributed by atoms with Crippen LogP contribution in [0.15, 0.2) is 33.3 Å². The molecule has 0 spiro atoms. The van der Waals surface area contributed by atoms with Crippen molar-refractivity contribution >= 4 is 5.91 Å². The Morgan fingerprint density at radius 3 is 2.74 bits per heavy atom. The van der Waals surface area contributed by atoms with Crippen molar-refractivity contribution in [3.8, 4) is 11.3 Å². The highest BCUT2D eigenvalue weighted by atomic mass is 16.5. The topological polar surface area (TPSA) is 94.5 Å². The van der Waals surface area contributed by atoms with Gasteiger partial charge in [0.1, 0.15) is 11.9 Å². The lowest BCUT2D eigenvalue weighted by molar-refractivity contribution is -0.0258. The van der Waals surface area contributed by atoms with Crippen molar-refractivity contribution in [3.05, 3.63) is 52.9 Å². The van der Waals surface area contributed by atoms with Gasteiger partial charge in [0.2, 0.25) is 5.76 Å². The minimum atomic E-state index is -0.313. The summed E-state index contributed by atoms with van der Waals surface area (Å²) in [5.41, 5.74) is 3.90. The molecule has 4 heterocycles. The Hall–Kier alpha value is -3.00. The molecule has 3 aromatic rings. The summed E-state index contributed by atoms with van der Waals surface area (Å²) in [5, 5.41) is 7.78. The first-order chi connectivity index (χ1) is 13.0. The van der Waals surface area contributed by atoms with Crippen LogP contribution >= 0.6 is 0 Å². The van der Waals surface area contributed by atoms with Crippen LogP contribution in [0.1, 0.15) is 39.5 Å². The molecule has 3 aromatic heterocycles.